The number of hydrogen-bond acceptors (Lipinski definition) is 6. The maximum atomic E-state index is 13.4. The first-order valence-electron chi connectivity index (χ1n) is 9.84. The van der Waals surface area contributed by atoms with E-state index < -0.39 is 6.80 Å². The van der Waals surface area contributed by atoms with E-state index >= 15 is 0 Å². The third-order valence-electron chi connectivity index (χ3n) is 4.91. The molecule has 0 saturated heterocycles. The number of anilines is 1. The fourth-order valence-electron chi connectivity index (χ4n) is 3.35. The van der Waals surface area contributed by atoms with E-state index in [0.29, 0.717) is 30.9 Å². The lowest BCUT2D eigenvalue weighted by molar-refractivity contribution is 0.178. The van der Waals surface area contributed by atoms with Crippen LogP contribution in [-0.2, 0) is 6.54 Å². The van der Waals surface area contributed by atoms with Crippen LogP contribution in [0.3, 0.4) is 0 Å². The number of para-hydroxylation sites is 1. The van der Waals surface area contributed by atoms with Gasteiger partial charge in [-0.1, -0.05) is 18.2 Å². The van der Waals surface area contributed by atoms with Gasteiger partial charge in [-0.05, 0) is 35.5 Å². The largest absolute Gasteiger partial charge is 0.507 e. The van der Waals surface area contributed by atoms with E-state index in [9.17, 15) is 9.50 Å². The summed E-state index contributed by atoms with van der Waals surface area (Å²) in [6, 6.07) is 13.0. The lowest BCUT2D eigenvalue weighted by Crippen LogP contribution is -2.24. The van der Waals surface area contributed by atoms with Crippen molar-refractivity contribution in [1.82, 2.24) is 19.5 Å². The van der Waals surface area contributed by atoms with Crippen molar-refractivity contribution in [3.63, 3.8) is 0 Å². The Morgan fingerprint density at radius 3 is 2.87 bits per heavy atom. The lowest BCUT2D eigenvalue weighted by atomic mass is 10.0. The molecule has 0 aliphatic rings. The number of benzene rings is 1. The highest BCUT2D eigenvalue weighted by atomic mass is 32.1. The average molecular weight is 423 g/mol. The molecule has 2 N–H and O–H groups in total. The molecule has 0 spiro atoms. The number of alkyl halides is 1. The third kappa shape index (κ3) is 4.47. The molecule has 0 unspecified atom stereocenters. The summed E-state index contributed by atoms with van der Waals surface area (Å²) in [5, 5.41) is 20.1. The van der Waals surface area contributed by atoms with Crippen molar-refractivity contribution in [3.8, 4) is 17.0 Å². The maximum absolute atomic E-state index is 13.4. The number of phenols is 1. The van der Waals surface area contributed by atoms with Crippen LogP contribution in [0.2, 0.25) is 0 Å². The molecule has 0 atom stereocenters. The van der Waals surface area contributed by atoms with Crippen molar-refractivity contribution >= 4 is 36.1 Å². The van der Waals surface area contributed by atoms with Crippen molar-refractivity contribution in [1.29, 1.82) is 0 Å². The van der Waals surface area contributed by atoms with Gasteiger partial charge in [0.05, 0.1) is 5.69 Å². The van der Waals surface area contributed by atoms with E-state index in [1.807, 2.05) is 43.6 Å². The number of rotatable bonds is 9. The standard InChI is InChI=1S/C21H23BFN5OS/c22-17-12-25-28-20(11-18(26-21(17)28)16-6-1-2-7-19(16)29)24-8-4-9-27(14-23)13-15-5-3-10-30-15/h1-3,5-7,10-12,24,29H,4,8-9,13-14,22H2. The van der Waals surface area contributed by atoms with E-state index in [4.69, 9.17) is 0 Å². The minimum absolute atomic E-state index is 0.185. The smallest absolute Gasteiger partial charge is 0.151 e. The van der Waals surface area contributed by atoms with Gasteiger partial charge in [0.1, 0.15) is 26.2 Å². The molecular weight excluding hydrogens is 400 g/mol. The molecule has 6 nitrogen and oxygen atoms in total. The minimum Gasteiger partial charge on any atom is -0.507 e. The second-order valence-electron chi connectivity index (χ2n) is 7.14. The van der Waals surface area contributed by atoms with Gasteiger partial charge in [-0.25, -0.2) is 9.37 Å². The molecule has 4 rings (SSSR count). The molecule has 1 aromatic carbocycles. The highest BCUT2D eigenvalue weighted by molar-refractivity contribution is 7.09. The summed E-state index contributed by atoms with van der Waals surface area (Å²) in [4.78, 5) is 7.64. The van der Waals surface area contributed by atoms with Crippen LogP contribution in [0.25, 0.3) is 16.9 Å². The van der Waals surface area contributed by atoms with Crippen LogP contribution in [0.15, 0.2) is 54.0 Å². The van der Waals surface area contributed by atoms with Crippen molar-refractivity contribution in [3.05, 3.63) is 58.9 Å². The van der Waals surface area contributed by atoms with Crippen molar-refractivity contribution in [2.24, 2.45) is 0 Å². The van der Waals surface area contributed by atoms with Gasteiger partial charge in [-0.15, -0.1) is 11.3 Å². The van der Waals surface area contributed by atoms with Gasteiger partial charge in [0.2, 0.25) is 0 Å². The number of thiophene rings is 1. The van der Waals surface area contributed by atoms with Crippen molar-refractivity contribution in [2.75, 3.05) is 25.2 Å². The van der Waals surface area contributed by atoms with Crippen LogP contribution in [0.5, 0.6) is 5.75 Å². The molecule has 3 aromatic heterocycles. The molecule has 30 heavy (non-hydrogen) atoms. The monoisotopic (exact) mass is 423 g/mol. The Bertz CT molecular complexity index is 1120. The number of fused-ring (bicyclic) bond motifs is 1. The number of nitrogens with zero attached hydrogens (tertiary/aromatic N) is 4. The summed E-state index contributed by atoms with van der Waals surface area (Å²) >= 11 is 1.64. The molecule has 3 heterocycles. The van der Waals surface area contributed by atoms with Crippen molar-refractivity contribution in [2.45, 2.75) is 13.0 Å². The average Bonchev–Trinajstić information content (AvgIpc) is 3.40. The first kappa shape index (κ1) is 20.4. The third-order valence-corrected chi connectivity index (χ3v) is 5.78. The van der Waals surface area contributed by atoms with E-state index in [1.165, 1.54) is 0 Å². The predicted molar refractivity (Wildman–Crippen MR) is 122 cm³/mol. The highest BCUT2D eigenvalue weighted by Gasteiger charge is 2.13. The number of aromatic nitrogens is 3. The molecule has 0 saturated carbocycles. The molecule has 0 aliphatic carbocycles. The first-order chi connectivity index (χ1) is 14.7. The lowest BCUT2D eigenvalue weighted by Gasteiger charge is -2.18. The first-order valence-corrected chi connectivity index (χ1v) is 10.7. The Hall–Kier alpha value is -2.91. The van der Waals surface area contributed by atoms with Gasteiger partial charge in [-0.2, -0.15) is 9.61 Å². The van der Waals surface area contributed by atoms with Gasteiger partial charge in [-0.3, -0.25) is 4.90 Å². The second kappa shape index (κ2) is 9.27. The maximum Gasteiger partial charge on any atom is 0.151 e. The zero-order chi connectivity index (χ0) is 20.9. The number of halogens is 1. The van der Waals surface area contributed by atoms with Crippen LogP contribution in [0.4, 0.5) is 10.2 Å². The second-order valence-corrected chi connectivity index (χ2v) is 8.17. The van der Waals surface area contributed by atoms with Crippen LogP contribution in [0, 0.1) is 0 Å². The topological polar surface area (TPSA) is 65.7 Å². The van der Waals surface area contributed by atoms with Crippen LogP contribution in [0.1, 0.15) is 11.3 Å². The Morgan fingerprint density at radius 2 is 2.10 bits per heavy atom. The molecule has 154 valence electrons. The normalized spacial score (nSPS) is 11.4. The van der Waals surface area contributed by atoms with E-state index in [1.54, 1.807) is 39.1 Å². The quantitative estimate of drug-likeness (QED) is 0.246. The molecular formula is C21H23BFN5OS. The zero-order valence-corrected chi connectivity index (χ0v) is 17.6. The van der Waals surface area contributed by atoms with Crippen LogP contribution < -0.4 is 10.8 Å². The number of hydrogen-bond donors (Lipinski definition) is 2. The number of phenolic OH excluding ortho intramolecular Hbond substituents is 1. The van der Waals surface area contributed by atoms with Crippen LogP contribution in [-0.4, -0.2) is 52.3 Å². The van der Waals surface area contributed by atoms with Gasteiger partial charge < -0.3 is 10.4 Å². The summed E-state index contributed by atoms with van der Waals surface area (Å²) in [5.41, 5.74) is 3.04. The fourth-order valence-corrected chi connectivity index (χ4v) is 4.10. The number of aromatic hydroxyl groups is 1. The fraction of sp³-hybridized carbons (Fsp3) is 0.238. The van der Waals surface area contributed by atoms with E-state index in [0.717, 1.165) is 28.2 Å². The molecule has 0 fully saturated rings. The molecule has 9 heteroatoms. The highest BCUT2D eigenvalue weighted by Crippen LogP contribution is 2.29. The summed E-state index contributed by atoms with van der Waals surface area (Å²) in [6.07, 6.45) is 2.55. The Morgan fingerprint density at radius 1 is 1.23 bits per heavy atom. The Kier molecular flexibility index (Phi) is 6.30. The van der Waals surface area contributed by atoms with E-state index in [-0.39, 0.29) is 5.75 Å². The Labute approximate surface area is 179 Å². The van der Waals surface area contributed by atoms with Gasteiger partial charge in [0.25, 0.3) is 0 Å². The van der Waals surface area contributed by atoms with Gasteiger partial charge in [0, 0.05) is 42.3 Å². The molecule has 0 amide bonds. The van der Waals surface area contributed by atoms with E-state index in [2.05, 4.69) is 15.4 Å². The summed E-state index contributed by atoms with van der Waals surface area (Å²) < 4.78 is 15.1. The SMILES string of the molecule is Bc1cnn2c(NCCCN(CF)Cc3cccs3)cc(-c3ccccc3O)nc12. The molecule has 4 aromatic rings. The predicted octanol–water partition coefficient (Wildman–Crippen LogP) is 2.65. The van der Waals surface area contributed by atoms with Gasteiger partial charge in [0.15, 0.2) is 5.65 Å². The van der Waals surface area contributed by atoms with Crippen LogP contribution >= 0.6 is 11.3 Å². The van der Waals surface area contributed by atoms with Gasteiger partial charge >= 0.3 is 0 Å². The molecule has 0 bridgehead atoms. The number of nitrogens with one attached hydrogen (secondary N) is 1. The summed E-state index contributed by atoms with van der Waals surface area (Å²) in [7, 11) is 1.96. The summed E-state index contributed by atoms with van der Waals surface area (Å²) in [5.74, 6) is 0.973. The summed E-state index contributed by atoms with van der Waals surface area (Å²) in [6.45, 7) is 1.48. The molecule has 0 radical (unpaired) electrons. The Balaban J connectivity index is 1.47. The minimum atomic E-state index is -0.465. The zero-order valence-electron chi connectivity index (χ0n) is 16.8. The molecule has 0 aliphatic heterocycles. The van der Waals surface area contributed by atoms with Crippen molar-refractivity contribution < 1.29 is 9.50 Å².